The maximum atomic E-state index is 15.3. The summed E-state index contributed by atoms with van der Waals surface area (Å²) in [6.07, 6.45) is 0.632. The van der Waals surface area contributed by atoms with Crippen LogP contribution in [0.15, 0.2) is 94.8 Å². The van der Waals surface area contributed by atoms with Crippen LogP contribution in [0.3, 0.4) is 0 Å². The number of fused-ring (bicyclic) bond motifs is 2. The van der Waals surface area contributed by atoms with E-state index in [1.54, 1.807) is 24.3 Å². The van der Waals surface area contributed by atoms with Crippen LogP contribution in [0.5, 0.6) is 5.75 Å². The molecule has 3 heterocycles. The molecule has 1 amide bonds. The fourth-order valence-corrected chi connectivity index (χ4v) is 7.53. The second-order valence-corrected chi connectivity index (χ2v) is 12.6. The fourth-order valence-electron chi connectivity index (χ4n) is 5.66. The van der Waals surface area contributed by atoms with Crippen molar-refractivity contribution in [3.05, 3.63) is 119 Å². The molecule has 2 atom stereocenters. The van der Waals surface area contributed by atoms with E-state index in [4.69, 9.17) is 4.74 Å². The molecular weight excluding hydrogens is 586 g/mol. The molecule has 1 aromatic heterocycles. The van der Waals surface area contributed by atoms with Gasteiger partial charge in [-0.05, 0) is 53.1 Å². The van der Waals surface area contributed by atoms with Crippen molar-refractivity contribution in [3.63, 3.8) is 0 Å². The summed E-state index contributed by atoms with van der Waals surface area (Å²) in [5, 5.41) is 22.4. The summed E-state index contributed by atoms with van der Waals surface area (Å²) in [5.41, 5.74) is 2.22. The van der Waals surface area contributed by atoms with Gasteiger partial charge in [0, 0.05) is 23.3 Å². The molecular formula is C33H24FN3O4S2. The molecule has 10 heteroatoms. The number of ether oxygens (including phenoxy) is 1. The number of ketones is 1. The number of Topliss-reactive ketones (excluding diaryl/α,β-unsaturated/α-hetero) is 1. The maximum Gasteiger partial charge on any atom is 0.301 e. The molecule has 0 bridgehead atoms. The van der Waals surface area contributed by atoms with Gasteiger partial charge in [0.25, 0.3) is 5.78 Å². The van der Waals surface area contributed by atoms with E-state index in [1.807, 2.05) is 25.1 Å². The Morgan fingerprint density at radius 1 is 1.05 bits per heavy atom. The minimum Gasteiger partial charge on any atom is -0.507 e. The molecule has 2 unspecified atom stereocenters. The summed E-state index contributed by atoms with van der Waals surface area (Å²) in [5.74, 6) is -1.50. The predicted octanol–water partition coefficient (Wildman–Crippen LogP) is 7.07. The molecule has 2 aliphatic rings. The molecule has 2 aliphatic heterocycles. The van der Waals surface area contributed by atoms with E-state index in [2.05, 4.69) is 34.5 Å². The minimum absolute atomic E-state index is 0.0125. The van der Waals surface area contributed by atoms with Gasteiger partial charge in [-0.15, -0.1) is 10.2 Å². The van der Waals surface area contributed by atoms with Crippen LogP contribution in [0.1, 0.15) is 35.2 Å². The first-order chi connectivity index (χ1) is 20.9. The first-order valence-electron chi connectivity index (χ1n) is 13.7. The number of aliphatic hydroxyl groups excluding tert-OH is 1. The number of halogens is 1. The van der Waals surface area contributed by atoms with Crippen LogP contribution in [0, 0.1) is 5.82 Å². The number of anilines is 1. The van der Waals surface area contributed by atoms with Crippen LogP contribution < -0.4 is 9.64 Å². The maximum absolute atomic E-state index is 15.3. The third kappa shape index (κ3) is 4.86. The molecule has 0 aliphatic carbocycles. The molecule has 0 spiro atoms. The fraction of sp³-hybridized carbons (Fsp3) is 0.152. The third-order valence-corrected chi connectivity index (χ3v) is 9.75. The average molecular weight is 610 g/mol. The van der Waals surface area contributed by atoms with Crippen LogP contribution in [0.4, 0.5) is 9.52 Å². The highest BCUT2D eigenvalue weighted by molar-refractivity contribution is 8.00. The number of amides is 1. The highest BCUT2D eigenvalue weighted by Crippen LogP contribution is 2.45. The first kappa shape index (κ1) is 27.3. The van der Waals surface area contributed by atoms with E-state index in [0.717, 1.165) is 38.1 Å². The van der Waals surface area contributed by atoms with Gasteiger partial charge in [0.1, 0.15) is 29.5 Å². The predicted molar refractivity (Wildman–Crippen MR) is 165 cm³/mol. The number of hydrogen-bond acceptors (Lipinski definition) is 8. The summed E-state index contributed by atoms with van der Waals surface area (Å²) in [6.45, 7) is 1.94. The second kappa shape index (κ2) is 10.9. The van der Waals surface area contributed by atoms with Gasteiger partial charge < -0.3 is 9.84 Å². The lowest BCUT2D eigenvalue weighted by molar-refractivity contribution is -0.132. The molecule has 214 valence electrons. The molecule has 5 aromatic rings. The Balaban J connectivity index is 1.26. The minimum atomic E-state index is -1.23. The quantitative estimate of drug-likeness (QED) is 0.0724. The van der Waals surface area contributed by atoms with Gasteiger partial charge in [-0.25, -0.2) is 4.39 Å². The summed E-state index contributed by atoms with van der Waals surface area (Å²) < 4.78 is 21.6. The highest BCUT2D eigenvalue weighted by atomic mass is 32.2. The molecule has 7 rings (SSSR count). The molecule has 1 saturated heterocycles. The molecule has 0 saturated carbocycles. The molecule has 43 heavy (non-hydrogen) atoms. The second-order valence-electron chi connectivity index (χ2n) is 10.4. The van der Waals surface area contributed by atoms with Gasteiger partial charge in [-0.1, -0.05) is 83.8 Å². The van der Waals surface area contributed by atoms with Crippen LogP contribution >= 0.6 is 23.1 Å². The van der Waals surface area contributed by atoms with Gasteiger partial charge >= 0.3 is 5.91 Å². The average Bonchev–Trinajstić information content (AvgIpc) is 3.70. The monoisotopic (exact) mass is 609 g/mol. The molecule has 0 radical (unpaired) electrons. The Kier molecular flexibility index (Phi) is 6.95. The number of rotatable bonds is 6. The summed E-state index contributed by atoms with van der Waals surface area (Å²) in [4.78, 5) is 28.2. The standard InChI is InChI=1S/C33H24FN3O4S2/c1-18-15-22-16-20(13-14-26(22)41-18)29(38)27-28(24-11-4-5-12-25(24)34)37(31(40)30(27)39)32-35-36-33(43-32)42-17-21-9-6-8-19-7-2-3-10-23(19)21/h2-14,16,18,28,38H,15,17H2,1H3/b29-27-. The SMILES string of the molecule is CC1Cc2cc(/C(O)=C3/C(=O)C(=O)N(c4nnc(SCc5cccc6ccccc56)s4)C3c3ccccc3F)ccc2O1. The van der Waals surface area contributed by atoms with Crippen molar-refractivity contribution < 1.29 is 23.8 Å². The van der Waals surface area contributed by atoms with Gasteiger partial charge in [0.05, 0.1) is 5.57 Å². The zero-order valence-electron chi connectivity index (χ0n) is 22.9. The lowest BCUT2D eigenvalue weighted by Gasteiger charge is -2.23. The van der Waals surface area contributed by atoms with E-state index >= 15 is 4.39 Å². The van der Waals surface area contributed by atoms with Gasteiger partial charge in [-0.2, -0.15) is 0 Å². The molecule has 7 nitrogen and oxygen atoms in total. The van der Waals surface area contributed by atoms with Gasteiger partial charge in [0.15, 0.2) is 4.34 Å². The van der Waals surface area contributed by atoms with Crippen molar-refractivity contribution in [2.75, 3.05) is 4.90 Å². The van der Waals surface area contributed by atoms with Crippen molar-refractivity contribution in [2.45, 2.75) is 35.6 Å². The van der Waals surface area contributed by atoms with E-state index in [1.165, 1.54) is 30.0 Å². The molecule has 1 N–H and O–H groups in total. The van der Waals surface area contributed by atoms with E-state index in [9.17, 15) is 14.7 Å². The largest absolute Gasteiger partial charge is 0.507 e. The van der Waals surface area contributed by atoms with Crippen molar-refractivity contribution in [1.29, 1.82) is 0 Å². The summed E-state index contributed by atoms with van der Waals surface area (Å²) in [6, 6.07) is 24.0. The highest BCUT2D eigenvalue weighted by Gasteiger charge is 2.49. The van der Waals surface area contributed by atoms with Gasteiger partial charge in [-0.3, -0.25) is 14.5 Å². The Morgan fingerprint density at radius 3 is 2.70 bits per heavy atom. The summed E-state index contributed by atoms with van der Waals surface area (Å²) in [7, 11) is 0. The van der Waals surface area contributed by atoms with Crippen molar-refractivity contribution in [2.24, 2.45) is 0 Å². The van der Waals surface area contributed by atoms with E-state index < -0.39 is 23.5 Å². The van der Waals surface area contributed by atoms with E-state index in [0.29, 0.717) is 27.8 Å². The zero-order chi connectivity index (χ0) is 29.7. The molecule has 4 aromatic carbocycles. The van der Waals surface area contributed by atoms with Crippen molar-refractivity contribution in [1.82, 2.24) is 10.2 Å². The normalized spacial score (nSPS) is 19.2. The Morgan fingerprint density at radius 2 is 1.84 bits per heavy atom. The Hall–Kier alpha value is -4.54. The van der Waals surface area contributed by atoms with Gasteiger partial charge in [0.2, 0.25) is 5.13 Å². The third-order valence-electron chi connectivity index (χ3n) is 7.65. The van der Waals surface area contributed by atoms with Crippen LogP contribution in [-0.2, 0) is 21.8 Å². The number of aromatic nitrogens is 2. The Labute approximate surface area is 254 Å². The van der Waals surface area contributed by atoms with Crippen LogP contribution in [0.25, 0.3) is 16.5 Å². The number of carbonyl (C=O) groups excluding carboxylic acids is 2. The number of aliphatic hydroxyl groups is 1. The van der Waals surface area contributed by atoms with Crippen LogP contribution in [0.2, 0.25) is 0 Å². The topological polar surface area (TPSA) is 92.6 Å². The number of nitrogens with zero attached hydrogens (tertiary/aromatic N) is 3. The Bertz CT molecular complexity index is 1950. The lowest BCUT2D eigenvalue weighted by Crippen LogP contribution is -2.29. The number of thioether (sulfide) groups is 1. The number of benzene rings is 4. The first-order valence-corrected chi connectivity index (χ1v) is 15.5. The van der Waals surface area contributed by atoms with Crippen molar-refractivity contribution in [3.8, 4) is 5.75 Å². The number of hydrogen-bond donors (Lipinski definition) is 1. The summed E-state index contributed by atoms with van der Waals surface area (Å²) >= 11 is 2.60. The number of carbonyl (C=O) groups is 2. The van der Waals surface area contributed by atoms with Crippen molar-refractivity contribution >= 4 is 56.5 Å². The smallest absolute Gasteiger partial charge is 0.301 e. The van der Waals surface area contributed by atoms with E-state index in [-0.39, 0.29) is 28.1 Å². The molecule has 1 fully saturated rings. The zero-order valence-corrected chi connectivity index (χ0v) is 24.5. The van der Waals surface area contributed by atoms with Crippen LogP contribution in [-0.4, -0.2) is 33.1 Å². The lowest BCUT2D eigenvalue weighted by atomic mass is 9.94.